The van der Waals surface area contributed by atoms with Crippen LogP contribution in [0.1, 0.15) is 35.9 Å². The maximum Gasteiger partial charge on any atom is 0.338 e. The van der Waals surface area contributed by atoms with Crippen LogP contribution in [-0.4, -0.2) is 35.6 Å². The Morgan fingerprint density at radius 3 is 2.53 bits per heavy atom. The van der Waals surface area contributed by atoms with Crippen molar-refractivity contribution in [2.45, 2.75) is 19.8 Å². The zero-order chi connectivity index (χ0) is 22.0. The van der Waals surface area contributed by atoms with Crippen LogP contribution < -0.4 is 0 Å². The molecule has 6 rings (SSSR count). The van der Waals surface area contributed by atoms with Gasteiger partial charge in [-0.2, -0.15) is 10.1 Å². The Balaban J connectivity index is 1.20. The van der Waals surface area contributed by atoms with E-state index in [2.05, 4.69) is 17.3 Å². The first-order chi connectivity index (χ1) is 15.5. The summed E-state index contributed by atoms with van der Waals surface area (Å²) in [5.41, 5.74) is 1.33. The summed E-state index contributed by atoms with van der Waals surface area (Å²) in [6.45, 7) is 2.06. The molecule has 32 heavy (non-hydrogen) atoms. The normalized spacial score (nSPS) is 28.8. The third-order valence-electron chi connectivity index (χ3n) is 7.41. The van der Waals surface area contributed by atoms with Gasteiger partial charge < -0.3 is 9.15 Å². The number of nitrogens with zero attached hydrogens (tertiary/aromatic N) is 2. The molecule has 1 aliphatic heterocycles. The monoisotopic (exact) mass is 430 g/mol. The summed E-state index contributed by atoms with van der Waals surface area (Å²) in [6, 6.07) is 10.4. The molecule has 3 aliphatic carbocycles. The van der Waals surface area contributed by atoms with Gasteiger partial charge in [-0.25, -0.2) is 4.79 Å². The van der Waals surface area contributed by atoms with E-state index in [1.165, 1.54) is 6.21 Å². The van der Waals surface area contributed by atoms with E-state index < -0.39 is 5.97 Å². The number of allylic oxidation sites excluding steroid dienone is 2. The fraction of sp³-hybridized carbons (Fsp3) is 0.360. The number of imide groups is 1. The molecule has 1 aromatic heterocycles. The molecule has 2 heterocycles. The smallest absolute Gasteiger partial charge is 0.338 e. The van der Waals surface area contributed by atoms with E-state index in [1.54, 1.807) is 37.3 Å². The summed E-state index contributed by atoms with van der Waals surface area (Å²) in [6.07, 6.45) is 7.90. The molecule has 2 amide bonds. The number of hydrogen-bond donors (Lipinski definition) is 0. The molecule has 2 aromatic rings. The number of hydrogen-bond acceptors (Lipinski definition) is 6. The van der Waals surface area contributed by atoms with Crippen molar-refractivity contribution in [3.05, 3.63) is 59.9 Å². The molecule has 2 saturated carbocycles. The third-order valence-corrected chi connectivity index (χ3v) is 7.41. The van der Waals surface area contributed by atoms with E-state index in [9.17, 15) is 14.4 Å². The molecule has 0 N–H and O–H groups in total. The van der Waals surface area contributed by atoms with E-state index in [4.69, 9.17) is 9.15 Å². The lowest BCUT2D eigenvalue weighted by atomic mass is 9.85. The van der Waals surface area contributed by atoms with Crippen molar-refractivity contribution in [3.8, 4) is 11.3 Å². The number of fused-ring (bicyclic) bond motifs is 3. The summed E-state index contributed by atoms with van der Waals surface area (Å²) < 4.78 is 10.9. The third kappa shape index (κ3) is 2.60. The van der Waals surface area contributed by atoms with E-state index in [0.717, 1.165) is 23.4 Å². The first kappa shape index (κ1) is 19.2. The van der Waals surface area contributed by atoms with Gasteiger partial charge in [-0.3, -0.25) is 9.59 Å². The van der Waals surface area contributed by atoms with Gasteiger partial charge in [-0.05, 0) is 61.3 Å². The number of rotatable bonds is 5. The van der Waals surface area contributed by atoms with Crippen LogP contribution in [-0.2, 0) is 14.3 Å². The minimum atomic E-state index is -0.393. The number of amides is 2. The van der Waals surface area contributed by atoms with Crippen molar-refractivity contribution in [2.75, 3.05) is 6.61 Å². The Bertz CT molecular complexity index is 1170. The molecule has 4 aliphatic rings. The van der Waals surface area contributed by atoms with Crippen LogP contribution in [0.4, 0.5) is 0 Å². The second-order valence-electron chi connectivity index (χ2n) is 8.96. The largest absolute Gasteiger partial charge is 0.462 e. The second-order valence-corrected chi connectivity index (χ2v) is 8.96. The SMILES string of the molecule is CCOC(=O)c1cccc(-c2ccc(/C=N\N3C(=O)[C@@H]4[C@@H](C3=O)[C@H]3C=C[C@H]4C34CC4)o2)c1. The minimum Gasteiger partial charge on any atom is -0.462 e. The molecular weight excluding hydrogens is 408 g/mol. The highest BCUT2D eigenvalue weighted by molar-refractivity contribution is 6.07. The van der Waals surface area contributed by atoms with Gasteiger partial charge in [0.15, 0.2) is 0 Å². The topological polar surface area (TPSA) is 89.2 Å². The van der Waals surface area contributed by atoms with Crippen molar-refractivity contribution < 1.29 is 23.5 Å². The van der Waals surface area contributed by atoms with Crippen molar-refractivity contribution >= 4 is 24.0 Å². The first-order valence-corrected chi connectivity index (χ1v) is 11.0. The fourth-order valence-electron chi connectivity index (χ4n) is 5.88. The van der Waals surface area contributed by atoms with Crippen molar-refractivity contribution in [3.63, 3.8) is 0 Å². The predicted octanol–water partition coefficient (Wildman–Crippen LogP) is 3.65. The Hall–Kier alpha value is -3.48. The molecule has 3 fully saturated rings. The number of esters is 1. The average molecular weight is 430 g/mol. The Morgan fingerprint density at radius 2 is 1.88 bits per heavy atom. The van der Waals surface area contributed by atoms with E-state index in [-0.39, 0.29) is 40.9 Å². The first-order valence-electron chi connectivity index (χ1n) is 11.0. The fourth-order valence-corrected chi connectivity index (χ4v) is 5.88. The lowest BCUT2D eigenvalue weighted by Gasteiger charge is -2.18. The van der Waals surface area contributed by atoms with Gasteiger partial charge in [0.25, 0.3) is 11.8 Å². The standard InChI is InChI=1S/C25H22N2O5/c1-2-31-24(30)15-5-3-4-14(12-15)19-9-6-16(32-19)13-26-27-22(28)20-17-7-8-18(21(20)23(27)29)25(17)10-11-25/h3-9,12-13,17-18,20-21H,2,10-11H2,1H3/b26-13-/t17-,18-,20+,21+/m1/s1. The number of benzene rings is 1. The summed E-state index contributed by atoms with van der Waals surface area (Å²) in [5.74, 6) is -0.0142. The van der Waals surface area contributed by atoms with Crippen LogP contribution in [0.2, 0.25) is 0 Å². The zero-order valence-corrected chi connectivity index (χ0v) is 17.6. The average Bonchev–Trinajstić information content (AvgIpc) is 3.08. The van der Waals surface area contributed by atoms with Gasteiger partial charge in [0.2, 0.25) is 0 Å². The van der Waals surface area contributed by atoms with Crippen LogP contribution in [0.5, 0.6) is 0 Å². The van der Waals surface area contributed by atoms with Crippen molar-refractivity contribution in [2.24, 2.45) is 34.2 Å². The molecule has 1 saturated heterocycles. The Labute approximate surface area is 184 Å². The van der Waals surface area contributed by atoms with Crippen LogP contribution >= 0.6 is 0 Å². The highest BCUT2D eigenvalue weighted by atomic mass is 16.5. The summed E-state index contributed by atoms with van der Waals surface area (Å²) in [5, 5.41) is 5.22. The lowest BCUT2D eigenvalue weighted by molar-refractivity contribution is -0.141. The molecule has 0 radical (unpaired) electrons. The maximum absolute atomic E-state index is 13.0. The Kier molecular flexibility index (Phi) is 4.06. The number of carbonyl (C=O) groups is 3. The molecule has 162 valence electrons. The minimum absolute atomic E-state index is 0.171. The van der Waals surface area contributed by atoms with Gasteiger partial charge in [-0.15, -0.1) is 0 Å². The van der Waals surface area contributed by atoms with Gasteiger partial charge in [0.05, 0.1) is 30.2 Å². The number of hydrazone groups is 1. The summed E-state index contributed by atoms with van der Waals surface area (Å²) in [4.78, 5) is 38.0. The van der Waals surface area contributed by atoms with Gasteiger partial charge in [-0.1, -0.05) is 24.3 Å². The second kappa shape index (κ2) is 6.76. The van der Waals surface area contributed by atoms with E-state index >= 15 is 0 Å². The predicted molar refractivity (Wildman–Crippen MR) is 114 cm³/mol. The number of carbonyl (C=O) groups excluding carboxylic acids is 3. The lowest BCUT2D eigenvalue weighted by Crippen LogP contribution is -2.30. The van der Waals surface area contributed by atoms with Gasteiger partial charge >= 0.3 is 5.97 Å². The highest BCUT2D eigenvalue weighted by Gasteiger charge is 2.73. The zero-order valence-electron chi connectivity index (χ0n) is 17.6. The van der Waals surface area contributed by atoms with E-state index in [0.29, 0.717) is 23.7 Å². The van der Waals surface area contributed by atoms with E-state index in [1.807, 2.05) is 6.07 Å². The van der Waals surface area contributed by atoms with Gasteiger partial charge in [0.1, 0.15) is 11.5 Å². The number of ether oxygens (including phenoxy) is 1. The molecule has 4 atom stereocenters. The van der Waals surface area contributed by atoms with Crippen LogP contribution in [0.3, 0.4) is 0 Å². The quantitative estimate of drug-likeness (QED) is 0.313. The van der Waals surface area contributed by atoms with Crippen LogP contribution in [0, 0.1) is 29.1 Å². The van der Waals surface area contributed by atoms with Crippen LogP contribution in [0.15, 0.2) is 58.1 Å². The molecule has 1 spiro atoms. The summed E-state index contributed by atoms with van der Waals surface area (Å²) in [7, 11) is 0. The molecule has 7 nitrogen and oxygen atoms in total. The highest BCUT2D eigenvalue weighted by Crippen LogP contribution is 2.73. The molecule has 1 aromatic carbocycles. The van der Waals surface area contributed by atoms with Crippen LogP contribution in [0.25, 0.3) is 11.3 Å². The van der Waals surface area contributed by atoms with Crippen molar-refractivity contribution in [1.82, 2.24) is 5.01 Å². The maximum atomic E-state index is 13.0. The molecule has 2 bridgehead atoms. The molecule has 0 unspecified atom stereocenters. The Morgan fingerprint density at radius 1 is 1.16 bits per heavy atom. The van der Waals surface area contributed by atoms with Crippen molar-refractivity contribution in [1.29, 1.82) is 0 Å². The number of furan rings is 1. The summed E-state index contributed by atoms with van der Waals surface area (Å²) >= 11 is 0. The molecular formula is C25H22N2O5. The molecule has 7 heteroatoms. The van der Waals surface area contributed by atoms with Gasteiger partial charge in [0, 0.05) is 5.56 Å².